The summed E-state index contributed by atoms with van der Waals surface area (Å²) in [5, 5.41) is 1.03. The Morgan fingerprint density at radius 1 is 0.964 bits per heavy atom. The van der Waals surface area contributed by atoms with Crippen LogP contribution in [0.3, 0.4) is 0 Å². The highest BCUT2D eigenvalue weighted by Gasteiger charge is 2.24. The molecule has 2 aromatic rings. The van der Waals surface area contributed by atoms with Gasteiger partial charge in [0.1, 0.15) is 6.33 Å². The van der Waals surface area contributed by atoms with E-state index >= 15 is 0 Å². The first-order valence-corrected chi connectivity index (χ1v) is 10.8. The maximum atomic E-state index is 6.00. The number of benzene rings is 1. The van der Waals surface area contributed by atoms with Gasteiger partial charge in [0.05, 0.1) is 17.5 Å². The molecule has 150 valence electrons. The van der Waals surface area contributed by atoms with E-state index in [1.165, 1.54) is 37.9 Å². The molecule has 1 aromatic carbocycles. The molecule has 1 aromatic heterocycles. The molecule has 2 aliphatic heterocycles. The summed E-state index contributed by atoms with van der Waals surface area (Å²) in [5.41, 5.74) is 2.21. The van der Waals surface area contributed by atoms with E-state index in [0.717, 1.165) is 74.6 Å². The van der Waals surface area contributed by atoms with E-state index in [-0.39, 0.29) is 0 Å². The minimum atomic E-state index is 0.719. The minimum absolute atomic E-state index is 0.719. The Balaban J connectivity index is 1.24. The van der Waals surface area contributed by atoms with Crippen molar-refractivity contribution in [1.82, 2.24) is 14.9 Å². The smallest absolute Gasteiger partial charge is 0.224 e. The van der Waals surface area contributed by atoms with Crippen LogP contribution in [0.15, 0.2) is 24.5 Å². The topological polar surface area (TPSA) is 50.7 Å². The largest absolute Gasteiger partial charge is 0.477 e. The molecule has 3 heterocycles. The van der Waals surface area contributed by atoms with Crippen molar-refractivity contribution in [3.63, 3.8) is 0 Å². The van der Waals surface area contributed by atoms with E-state index in [2.05, 4.69) is 38.0 Å². The second-order valence-corrected chi connectivity index (χ2v) is 8.48. The van der Waals surface area contributed by atoms with Crippen molar-refractivity contribution in [1.29, 1.82) is 0 Å². The van der Waals surface area contributed by atoms with Gasteiger partial charge in [0, 0.05) is 51.6 Å². The minimum Gasteiger partial charge on any atom is -0.477 e. The summed E-state index contributed by atoms with van der Waals surface area (Å²) in [4.78, 5) is 13.9. The molecule has 1 aliphatic carbocycles. The molecule has 0 bridgehead atoms. The first-order chi connectivity index (χ1) is 13.8. The summed E-state index contributed by atoms with van der Waals surface area (Å²) in [5.74, 6) is 2.26. The molecule has 0 atom stereocenters. The van der Waals surface area contributed by atoms with Crippen LogP contribution in [0.4, 0.5) is 5.69 Å². The molecule has 0 spiro atoms. The molecule has 2 saturated heterocycles. The number of anilines is 1. The number of nitrogens with zero attached hydrogens (tertiary/aromatic N) is 4. The quantitative estimate of drug-likeness (QED) is 0.766. The highest BCUT2D eigenvalue weighted by molar-refractivity contribution is 5.86. The van der Waals surface area contributed by atoms with E-state index in [4.69, 9.17) is 9.47 Å². The third-order valence-corrected chi connectivity index (χ3v) is 6.33. The number of rotatable bonds is 6. The van der Waals surface area contributed by atoms with Crippen LogP contribution in [-0.2, 0) is 4.74 Å². The summed E-state index contributed by atoms with van der Waals surface area (Å²) in [6, 6.07) is 6.50. The third kappa shape index (κ3) is 4.23. The van der Waals surface area contributed by atoms with Gasteiger partial charge in [-0.25, -0.2) is 9.97 Å². The highest BCUT2D eigenvalue weighted by atomic mass is 16.5. The lowest BCUT2D eigenvalue weighted by atomic mass is 9.99. The van der Waals surface area contributed by atoms with Gasteiger partial charge in [0.15, 0.2) is 0 Å². The third-order valence-electron chi connectivity index (χ3n) is 6.33. The fourth-order valence-corrected chi connectivity index (χ4v) is 4.30. The van der Waals surface area contributed by atoms with Crippen LogP contribution in [0.25, 0.3) is 10.9 Å². The van der Waals surface area contributed by atoms with E-state index in [1.54, 1.807) is 6.33 Å². The predicted molar refractivity (Wildman–Crippen MR) is 110 cm³/mol. The lowest BCUT2D eigenvalue weighted by Gasteiger charge is -2.38. The van der Waals surface area contributed by atoms with Gasteiger partial charge in [-0.2, -0.15) is 0 Å². The van der Waals surface area contributed by atoms with Gasteiger partial charge in [0.2, 0.25) is 5.88 Å². The molecule has 0 radical (unpaired) electrons. The molecule has 3 fully saturated rings. The van der Waals surface area contributed by atoms with Crippen molar-refractivity contribution in [2.75, 3.05) is 57.4 Å². The van der Waals surface area contributed by atoms with Gasteiger partial charge in [0.25, 0.3) is 0 Å². The van der Waals surface area contributed by atoms with Crippen molar-refractivity contribution in [2.24, 2.45) is 11.8 Å². The molecular weight excluding hydrogens is 352 g/mol. The standard InChI is InChI=1S/C22H30N4O2/c1-2-18(1)15-28-22-20-13-19(3-4-21(20)23-16-24-22)26-9-7-25(8-10-26)14-17-5-11-27-12-6-17/h3-4,13,16-18H,1-2,5-12,14-15H2. The number of hydrogen-bond acceptors (Lipinski definition) is 6. The average Bonchev–Trinajstić information content (AvgIpc) is 3.58. The van der Waals surface area contributed by atoms with Gasteiger partial charge >= 0.3 is 0 Å². The zero-order chi connectivity index (χ0) is 18.8. The average molecular weight is 383 g/mol. The summed E-state index contributed by atoms with van der Waals surface area (Å²) >= 11 is 0. The van der Waals surface area contributed by atoms with Gasteiger partial charge in [-0.15, -0.1) is 0 Å². The Bertz CT molecular complexity index is 796. The highest BCUT2D eigenvalue weighted by Crippen LogP contribution is 2.32. The van der Waals surface area contributed by atoms with Crippen LogP contribution >= 0.6 is 0 Å². The zero-order valence-corrected chi connectivity index (χ0v) is 16.6. The van der Waals surface area contributed by atoms with Gasteiger partial charge < -0.3 is 14.4 Å². The van der Waals surface area contributed by atoms with Crippen LogP contribution in [0.2, 0.25) is 0 Å². The fourth-order valence-electron chi connectivity index (χ4n) is 4.30. The summed E-state index contributed by atoms with van der Waals surface area (Å²) in [6.45, 7) is 8.28. The second-order valence-electron chi connectivity index (χ2n) is 8.48. The molecule has 5 rings (SSSR count). The molecule has 1 saturated carbocycles. The number of fused-ring (bicyclic) bond motifs is 1. The number of piperazine rings is 1. The molecule has 0 N–H and O–H groups in total. The monoisotopic (exact) mass is 382 g/mol. The molecule has 6 heteroatoms. The number of hydrogen-bond donors (Lipinski definition) is 0. The van der Waals surface area contributed by atoms with Crippen LogP contribution in [-0.4, -0.2) is 67.4 Å². The molecular formula is C22H30N4O2. The lowest BCUT2D eigenvalue weighted by Crippen LogP contribution is -2.48. The Labute approximate surface area is 166 Å². The SMILES string of the molecule is c1nc(OCC2CC2)c2cc(N3CCN(CC4CCOCC4)CC3)ccc2n1. The lowest BCUT2D eigenvalue weighted by molar-refractivity contribution is 0.0517. The van der Waals surface area contributed by atoms with Gasteiger partial charge in [-0.3, -0.25) is 4.90 Å². The molecule has 0 amide bonds. The maximum Gasteiger partial charge on any atom is 0.224 e. The van der Waals surface area contributed by atoms with Gasteiger partial charge in [-0.1, -0.05) is 0 Å². The van der Waals surface area contributed by atoms with E-state index < -0.39 is 0 Å². The van der Waals surface area contributed by atoms with Crippen LogP contribution in [0.5, 0.6) is 5.88 Å². The number of ether oxygens (including phenoxy) is 2. The van der Waals surface area contributed by atoms with Crippen molar-refractivity contribution < 1.29 is 9.47 Å². The Hall–Kier alpha value is -1.92. The molecule has 6 nitrogen and oxygen atoms in total. The molecule has 3 aliphatic rings. The fraction of sp³-hybridized carbons (Fsp3) is 0.636. The maximum absolute atomic E-state index is 6.00. The zero-order valence-electron chi connectivity index (χ0n) is 16.6. The van der Waals surface area contributed by atoms with Gasteiger partial charge in [-0.05, 0) is 55.7 Å². The van der Waals surface area contributed by atoms with Crippen molar-refractivity contribution in [3.05, 3.63) is 24.5 Å². The summed E-state index contributed by atoms with van der Waals surface area (Å²) < 4.78 is 11.5. The number of aromatic nitrogens is 2. The van der Waals surface area contributed by atoms with Crippen LogP contribution < -0.4 is 9.64 Å². The Kier molecular flexibility index (Phi) is 5.32. The Morgan fingerprint density at radius 3 is 2.57 bits per heavy atom. The molecule has 0 unspecified atom stereocenters. The van der Waals surface area contributed by atoms with E-state index in [9.17, 15) is 0 Å². The van der Waals surface area contributed by atoms with E-state index in [0.29, 0.717) is 0 Å². The van der Waals surface area contributed by atoms with Crippen molar-refractivity contribution in [3.8, 4) is 5.88 Å². The Morgan fingerprint density at radius 2 is 1.79 bits per heavy atom. The van der Waals surface area contributed by atoms with E-state index in [1.807, 2.05) is 0 Å². The summed E-state index contributed by atoms with van der Waals surface area (Å²) in [7, 11) is 0. The normalized spacial score (nSPS) is 21.9. The second kappa shape index (κ2) is 8.21. The van der Waals surface area contributed by atoms with Crippen molar-refractivity contribution >= 4 is 16.6 Å². The first-order valence-electron chi connectivity index (χ1n) is 10.8. The van der Waals surface area contributed by atoms with Crippen LogP contribution in [0.1, 0.15) is 25.7 Å². The predicted octanol–water partition coefficient (Wildman–Crippen LogP) is 2.97. The molecule has 28 heavy (non-hydrogen) atoms. The first kappa shape index (κ1) is 18.1. The van der Waals surface area contributed by atoms with Crippen molar-refractivity contribution in [2.45, 2.75) is 25.7 Å². The van der Waals surface area contributed by atoms with Crippen LogP contribution in [0, 0.1) is 11.8 Å². The summed E-state index contributed by atoms with van der Waals surface area (Å²) in [6.07, 6.45) is 6.61.